The monoisotopic (exact) mass is 1530 g/mol. The number of aliphatic hydroxyl groups is 1. The van der Waals surface area contributed by atoms with E-state index in [2.05, 4.69) is 78.4 Å². The molecule has 107 heavy (non-hydrogen) atoms. The van der Waals surface area contributed by atoms with Crippen LogP contribution < -0.4 is 64.2 Å². The first-order chi connectivity index (χ1) is 50.9. The van der Waals surface area contributed by atoms with Gasteiger partial charge in [-0.2, -0.15) is 0 Å². The number of aliphatic hydroxyl groups excluding tert-OH is 1. The SMILES string of the molecule is CN[C@@H](CC(=O)O)C(=O)C1CSCSCC(N[C@H](C(C)=O)[C@@H](C)O)C(=O)[C@H](Cc2c[nH]c3ccccc23)NC(=O)[C@H](C(C)C)NC(=O)[C@H](CC(C)C)NC(=O)[C@H](CCC(=O)O)NC(=O)CNC(=O)[C@H](CC(C)C)NC(=O)[C@H](Cc2cnc[nH]2)NC(=O)[C@H](Cc2c[nH]c3ccccc23)NC(=O)[C@H](CCCCN)N1. The van der Waals surface area contributed by atoms with Crippen molar-refractivity contribution >= 4 is 122 Å². The van der Waals surface area contributed by atoms with Crippen molar-refractivity contribution in [1.29, 1.82) is 0 Å². The quantitative estimate of drug-likeness (QED) is 0.0325. The zero-order chi connectivity index (χ0) is 78.6. The van der Waals surface area contributed by atoms with Gasteiger partial charge in [0.2, 0.25) is 47.3 Å². The topological polar surface area (TPSA) is 501 Å². The summed E-state index contributed by atoms with van der Waals surface area (Å²) in [6, 6.07) is -2.16. The fourth-order valence-electron chi connectivity index (χ4n) is 12.6. The van der Waals surface area contributed by atoms with Crippen molar-refractivity contribution in [2.75, 3.05) is 36.7 Å². The first-order valence-corrected chi connectivity index (χ1v) is 38.4. The van der Waals surface area contributed by atoms with E-state index in [-0.39, 0.29) is 73.5 Å². The lowest BCUT2D eigenvalue weighted by Gasteiger charge is -2.31. The van der Waals surface area contributed by atoms with Crippen molar-refractivity contribution < 1.29 is 77.6 Å². The number of carbonyl (C=O) groups excluding carboxylic acids is 11. The third-order valence-corrected chi connectivity index (χ3v) is 20.7. The second-order valence-electron chi connectivity index (χ2n) is 28.2. The number of imidazole rings is 1. The van der Waals surface area contributed by atoms with Crippen molar-refractivity contribution in [3.8, 4) is 0 Å². The van der Waals surface area contributed by atoms with Gasteiger partial charge in [0.1, 0.15) is 42.0 Å². The van der Waals surface area contributed by atoms with E-state index in [1.807, 2.05) is 24.3 Å². The molecule has 1 fully saturated rings. The number of thioether (sulfide) groups is 2. The number of hydrogen-bond acceptors (Lipinski definition) is 21. The van der Waals surface area contributed by atoms with E-state index >= 15 is 19.2 Å². The number of aliphatic carboxylic acids is 2. The Balaban J connectivity index is 1.47. The molecule has 5 aromatic rings. The van der Waals surface area contributed by atoms with Crippen LogP contribution in [0.15, 0.2) is 73.4 Å². The summed E-state index contributed by atoms with van der Waals surface area (Å²) in [5.74, 6) is -12.9. The second-order valence-corrected chi connectivity index (χ2v) is 30.6. The number of hydrogen-bond donors (Lipinski definition) is 18. The van der Waals surface area contributed by atoms with Crippen LogP contribution in [0.4, 0.5) is 0 Å². The Hall–Kier alpha value is -9.06. The van der Waals surface area contributed by atoms with Gasteiger partial charge in [-0.05, 0) is 101 Å². The van der Waals surface area contributed by atoms with Crippen LogP contribution in [-0.4, -0.2) is 227 Å². The first kappa shape index (κ1) is 86.9. The lowest BCUT2D eigenvalue weighted by molar-refractivity contribution is -0.140. The number of ketones is 3. The number of fused-ring (bicyclic) bond motifs is 2. The number of Topliss-reactive ketones (excluding diaryl/α,β-unsaturated/α-hetero) is 3. The van der Waals surface area contributed by atoms with Gasteiger partial charge in [-0.3, -0.25) is 73.0 Å². The number of carboxylic acid groups (broad SMARTS) is 2. The normalized spacial score (nSPS) is 23.4. The molecular formula is C73H106N16O16S2. The Morgan fingerprint density at radius 1 is 0.607 bits per heavy atom. The number of nitrogens with one attached hydrogen (secondary N) is 14. The molecule has 0 spiro atoms. The molecule has 2 aromatic carbocycles. The maximum absolute atomic E-state index is 15.6. The number of nitrogens with two attached hydrogens (primary N) is 1. The summed E-state index contributed by atoms with van der Waals surface area (Å²) in [6.45, 7) is 12.4. The maximum Gasteiger partial charge on any atom is 0.305 e. The van der Waals surface area contributed by atoms with Crippen LogP contribution in [0.5, 0.6) is 0 Å². The number of nitrogens with zero attached hydrogens (tertiary/aromatic N) is 1. The molecule has 0 radical (unpaired) electrons. The predicted molar refractivity (Wildman–Crippen MR) is 405 cm³/mol. The number of H-pyrrole nitrogens is 3. The smallest absolute Gasteiger partial charge is 0.305 e. The second kappa shape index (κ2) is 43.1. The molecule has 0 bridgehead atoms. The van der Waals surface area contributed by atoms with E-state index < -0.39 is 187 Å². The molecule has 1 aliphatic rings. The van der Waals surface area contributed by atoms with E-state index in [0.717, 1.165) is 0 Å². The fourth-order valence-corrected chi connectivity index (χ4v) is 14.8. The number of aromatic nitrogens is 4. The van der Waals surface area contributed by atoms with Crippen LogP contribution in [0.2, 0.25) is 0 Å². The molecular weight excluding hydrogens is 1420 g/mol. The molecule has 4 heterocycles. The molecule has 32 nitrogen and oxygen atoms in total. The van der Waals surface area contributed by atoms with Gasteiger partial charge in [-0.1, -0.05) is 84.4 Å². The van der Waals surface area contributed by atoms with Crippen LogP contribution >= 0.6 is 23.5 Å². The number of benzene rings is 2. The first-order valence-electron chi connectivity index (χ1n) is 36.1. The molecule has 3 aromatic heterocycles. The van der Waals surface area contributed by atoms with E-state index in [9.17, 15) is 58.5 Å². The third kappa shape index (κ3) is 27.3. The number of likely N-dealkylation sites (N-methyl/N-ethyl adjacent to an activating group) is 1. The highest BCUT2D eigenvalue weighted by atomic mass is 32.2. The van der Waals surface area contributed by atoms with Gasteiger partial charge < -0.3 is 83.9 Å². The molecule has 13 atom stereocenters. The minimum atomic E-state index is -1.61. The van der Waals surface area contributed by atoms with Crippen molar-refractivity contribution in [2.24, 2.45) is 23.5 Å². The fraction of sp³-hybridized carbons (Fsp3) is 0.562. The number of para-hydroxylation sites is 2. The lowest BCUT2D eigenvalue weighted by atomic mass is 9.95. The molecule has 1 saturated heterocycles. The number of unbranched alkanes of at least 4 members (excludes halogenated alkanes) is 1. The molecule has 2 unspecified atom stereocenters. The molecule has 6 rings (SSSR count). The van der Waals surface area contributed by atoms with Gasteiger partial charge in [0, 0.05) is 88.4 Å². The van der Waals surface area contributed by atoms with Crippen LogP contribution in [0, 0.1) is 17.8 Å². The minimum absolute atomic E-state index is 0.00866. The van der Waals surface area contributed by atoms with Crippen molar-refractivity contribution in [1.82, 2.24) is 78.4 Å². The maximum atomic E-state index is 15.6. The molecule has 0 aliphatic carbocycles. The predicted octanol–water partition coefficient (Wildman–Crippen LogP) is 0.914. The summed E-state index contributed by atoms with van der Waals surface area (Å²) >= 11 is 2.36. The standard InChI is InChI=1S/C73H106N16O16S2/c1-38(2)24-54-67(99)79-33-60(92)82-51(21-22-61(93)94)69(101)86-55(25-39(3)4)72(104)89-63(40(5)6)73(105)84-53(26-43-30-77-48-18-12-10-16-46(43)48)66(98)59(83-64(41(7)90)42(8)91)35-107-37-106-34-58(65(97)52(75-9)29-62(95)96)81-50(20-14-15-23-74)68(100)87-56(27-44-31-78-49-19-13-11-17-47(44)49)70(102)88-57(71(103)85-54)28-45-32-76-36-80-45/h10-13,16-19,30-32,36,38-41,50-59,63-64,75,77-78,81,83,90H,14-15,20-29,33-35,37,74H2,1-9H3,(H,76,80)(H,79,99)(H,82,92)(H,84,105)(H,85,103)(H,86,101)(H,87,100)(H,88,102)(H,89,104)(H,93,94)(H,95,96)/t41-,50+,51+,52+,53+,54+,55+,56+,57+,58?,59?,63+,64+/m1/s1. The average molecular weight is 1530 g/mol. The zero-order valence-corrected chi connectivity index (χ0v) is 63.6. The minimum Gasteiger partial charge on any atom is -0.481 e. The summed E-state index contributed by atoms with van der Waals surface area (Å²) in [5.41, 5.74) is 8.94. The van der Waals surface area contributed by atoms with Gasteiger partial charge in [-0.15, -0.1) is 23.5 Å². The molecule has 8 amide bonds. The Labute approximate surface area is 630 Å². The highest BCUT2D eigenvalue weighted by Crippen LogP contribution is 2.25. The molecule has 1 aliphatic heterocycles. The van der Waals surface area contributed by atoms with Gasteiger partial charge in [0.25, 0.3) is 0 Å². The van der Waals surface area contributed by atoms with Gasteiger partial charge >= 0.3 is 11.9 Å². The van der Waals surface area contributed by atoms with Crippen LogP contribution in [0.1, 0.15) is 124 Å². The Bertz CT molecular complexity index is 3850. The number of carbonyl (C=O) groups is 13. The number of aromatic amines is 3. The average Bonchev–Trinajstić information content (AvgIpc) is 1.76. The summed E-state index contributed by atoms with van der Waals surface area (Å²) in [4.78, 5) is 199. The number of carboxylic acids is 2. The van der Waals surface area contributed by atoms with Gasteiger partial charge in [0.15, 0.2) is 11.6 Å². The largest absolute Gasteiger partial charge is 0.481 e. The van der Waals surface area contributed by atoms with Crippen molar-refractivity contribution in [3.05, 3.63) is 90.3 Å². The molecule has 34 heteroatoms. The van der Waals surface area contributed by atoms with E-state index in [1.54, 1.807) is 78.2 Å². The number of rotatable bonds is 27. The number of amides is 8. The van der Waals surface area contributed by atoms with Gasteiger partial charge in [0.05, 0.1) is 61.6 Å². The Kier molecular flexibility index (Phi) is 35.0. The van der Waals surface area contributed by atoms with Crippen molar-refractivity contribution in [3.63, 3.8) is 0 Å². The molecule has 19 N–H and O–H groups in total. The van der Waals surface area contributed by atoms with E-state index in [4.69, 9.17) is 5.73 Å². The summed E-state index contributed by atoms with van der Waals surface area (Å²) in [6.07, 6.45) is 3.21. The van der Waals surface area contributed by atoms with E-state index in [1.165, 1.54) is 56.9 Å². The third-order valence-electron chi connectivity index (χ3n) is 18.2. The summed E-state index contributed by atoms with van der Waals surface area (Å²) < 4.78 is 0. The highest BCUT2D eigenvalue weighted by molar-refractivity contribution is 8.16. The van der Waals surface area contributed by atoms with Crippen LogP contribution in [0.3, 0.4) is 0 Å². The lowest BCUT2D eigenvalue weighted by Crippen LogP contribution is -2.61. The van der Waals surface area contributed by atoms with E-state index in [0.29, 0.717) is 51.5 Å². The molecule has 586 valence electrons. The summed E-state index contributed by atoms with van der Waals surface area (Å²) in [5, 5.41) is 63.1. The van der Waals surface area contributed by atoms with Gasteiger partial charge in [-0.25, -0.2) is 4.98 Å². The highest BCUT2D eigenvalue weighted by Gasteiger charge is 2.40. The molecule has 0 saturated carbocycles. The summed E-state index contributed by atoms with van der Waals surface area (Å²) in [7, 11) is 1.41. The zero-order valence-electron chi connectivity index (χ0n) is 62.0. The Morgan fingerprint density at radius 2 is 1.14 bits per heavy atom. The van der Waals surface area contributed by atoms with Crippen molar-refractivity contribution in [2.45, 2.75) is 205 Å². The van der Waals surface area contributed by atoms with Crippen LogP contribution in [-0.2, 0) is 81.6 Å². The van der Waals surface area contributed by atoms with Crippen LogP contribution in [0.25, 0.3) is 21.8 Å². The Morgan fingerprint density at radius 3 is 1.67 bits per heavy atom.